The maximum absolute atomic E-state index is 12.8. The maximum Gasteiger partial charge on any atom is 0.472 e. The number of ether oxygens (including phenoxy) is 3. The first-order chi connectivity index (χ1) is 27.7. The Kier molecular flexibility index (Phi) is 26.4. The highest BCUT2D eigenvalue weighted by atomic mass is 31.2. The minimum Gasteiger partial charge on any atom is -0.466 e. The zero-order valence-electron chi connectivity index (χ0n) is 37.2. The Bertz CT molecular complexity index is 1430. The van der Waals surface area contributed by atoms with Gasteiger partial charge in [0.1, 0.15) is 31.3 Å². The van der Waals surface area contributed by atoms with Gasteiger partial charge in [0.05, 0.1) is 40.0 Å². The van der Waals surface area contributed by atoms with Gasteiger partial charge in [-0.3, -0.25) is 18.6 Å². The van der Waals surface area contributed by atoms with Gasteiger partial charge in [-0.1, -0.05) is 88.8 Å². The summed E-state index contributed by atoms with van der Waals surface area (Å²) >= 11 is 0. The average molecular weight is 837 g/mol. The van der Waals surface area contributed by atoms with Crippen LogP contribution < -0.4 is 0 Å². The fraction of sp³-hybridized carbons (Fsp3) is 0.739. The van der Waals surface area contributed by atoms with Crippen LogP contribution in [0.1, 0.15) is 152 Å². The van der Waals surface area contributed by atoms with Crippen molar-refractivity contribution in [3.05, 3.63) is 59.1 Å². The largest absolute Gasteiger partial charge is 0.472 e. The Morgan fingerprint density at radius 2 is 1.38 bits per heavy atom. The molecule has 0 aliphatic carbocycles. The SMILES string of the molecule is CCCCC/C=C\C/C=C\C/C=C\CC1OC1CCCC(=O)O[C@H](COC(=O)CCCCCCCCc1oc(CCC)c(C)c1C)COP(=O)(O)OCC[N+](C)(C)C. The van der Waals surface area contributed by atoms with E-state index in [9.17, 15) is 19.0 Å². The highest BCUT2D eigenvalue weighted by molar-refractivity contribution is 7.47. The van der Waals surface area contributed by atoms with Crippen LogP contribution in [0, 0.1) is 13.8 Å². The van der Waals surface area contributed by atoms with Gasteiger partial charge >= 0.3 is 19.8 Å². The first kappa shape index (κ1) is 51.6. The van der Waals surface area contributed by atoms with Crippen molar-refractivity contribution in [3.8, 4) is 0 Å². The van der Waals surface area contributed by atoms with Crippen LogP contribution in [0.3, 0.4) is 0 Å². The zero-order chi connectivity index (χ0) is 42.7. The second-order valence-corrected chi connectivity index (χ2v) is 18.2. The molecule has 1 N–H and O–H groups in total. The van der Waals surface area contributed by atoms with Gasteiger partial charge in [-0.2, -0.15) is 0 Å². The summed E-state index contributed by atoms with van der Waals surface area (Å²) in [6, 6.07) is 0. The van der Waals surface area contributed by atoms with Gasteiger partial charge in [0.2, 0.25) is 0 Å². The number of likely N-dealkylation sites (N-methyl/N-ethyl adjacent to an activating group) is 1. The highest BCUT2D eigenvalue weighted by Crippen LogP contribution is 2.43. The Morgan fingerprint density at radius 3 is 2.07 bits per heavy atom. The van der Waals surface area contributed by atoms with E-state index in [-0.39, 0.29) is 38.3 Å². The number of rotatable bonds is 35. The number of nitrogens with zero attached hydrogens (tertiary/aromatic N) is 1. The Labute approximate surface area is 351 Å². The zero-order valence-corrected chi connectivity index (χ0v) is 38.1. The van der Waals surface area contributed by atoms with E-state index >= 15 is 0 Å². The molecule has 1 aromatic heterocycles. The summed E-state index contributed by atoms with van der Waals surface area (Å²) in [5.74, 6) is 1.33. The molecule has 0 aromatic carbocycles. The van der Waals surface area contributed by atoms with E-state index in [1.54, 1.807) is 0 Å². The lowest BCUT2D eigenvalue weighted by molar-refractivity contribution is -0.870. The van der Waals surface area contributed by atoms with Gasteiger partial charge in [-0.25, -0.2) is 4.57 Å². The molecule has 12 heteroatoms. The number of quaternary nitrogens is 1. The number of carbonyl (C=O) groups is 2. The van der Waals surface area contributed by atoms with Gasteiger partial charge in [-0.05, 0) is 89.2 Å². The van der Waals surface area contributed by atoms with Crippen LogP contribution in [-0.2, 0) is 50.3 Å². The quantitative estimate of drug-likeness (QED) is 0.0176. The third-order valence-corrected chi connectivity index (χ3v) is 11.3. The third-order valence-electron chi connectivity index (χ3n) is 10.3. The van der Waals surface area contributed by atoms with Crippen LogP contribution in [0.5, 0.6) is 0 Å². The second kappa shape index (κ2) is 29.7. The van der Waals surface area contributed by atoms with Crippen molar-refractivity contribution in [1.82, 2.24) is 0 Å². The van der Waals surface area contributed by atoms with Crippen LogP contribution in [0.15, 0.2) is 40.9 Å². The summed E-state index contributed by atoms with van der Waals surface area (Å²) in [4.78, 5) is 35.6. The lowest BCUT2D eigenvalue weighted by Crippen LogP contribution is -2.37. The number of aryl methyl sites for hydroxylation is 2. The molecule has 0 amide bonds. The number of epoxide rings is 1. The molecule has 11 nitrogen and oxygen atoms in total. The molecule has 3 unspecified atom stereocenters. The van der Waals surface area contributed by atoms with Crippen molar-refractivity contribution in [2.24, 2.45) is 0 Å². The molecule has 0 spiro atoms. The summed E-state index contributed by atoms with van der Waals surface area (Å²) in [5.41, 5.74) is 2.57. The van der Waals surface area contributed by atoms with Crippen LogP contribution in [0.25, 0.3) is 0 Å². The van der Waals surface area contributed by atoms with Gasteiger partial charge in [0, 0.05) is 25.7 Å². The molecule has 1 saturated heterocycles. The molecule has 1 aromatic rings. The lowest BCUT2D eigenvalue weighted by Gasteiger charge is -2.24. The van der Waals surface area contributed by atoms with Crippen LogP contribution in [0.2, 0.25) is 0 Å². The number of allylic oxidation sites excluding steroid dienone is 5. The Morgan fingerprint density at radius 1 is 0.741 bits per heavy atom. The summed E-state index contributed by atoms with van der Waals surface area (Å²) in [5, 5.41) is 0. The van der Waals surface area contributed by atoms with E-state index in [4.69, 9.17) is 27.7 Å². The van der Waals surface area contributed by atoms with Crippen LogP contribution >= 0.6 is 7.82 Å². The van der Waals surface area contributed by atoms with Gasteiger partial charge < -0.3 is 28.0 Å². The minimum atomic E-state index is -4.42. The molecule has 1 aliphatic rings. The first-order valence-corrected chi connectivity index (χ1v) is 23.7. The van der Waals surface area contributed by atoms with E-state index in [1.165, 1.54) is 30.4 Å². The van der Waals surface area contributed by atoms with Crippen molar-refractivity contribution in [2.75, 3.05) is 47.5 Å². The van der Waals surface area contributed by atoms with Crippen LogP contribution in [-0.4, -0.2) is 87.1 Å². The number of esters is 2. The summed E-state index contributed by atoms with van der Waals surface area (Å²) in [6.07, 6.45) is 30.7. The number of phosphoric acid groups is 1. The van der Waals surface area contributed by atoms with Crippen molar-refractivity contribution in [2.45, 2.75) is 174 Å². The van der Waals surface area contributed by atoms with Gasteiger partial charge in [0.15, 0.2) is 6.10 Å². The van der Waals surface area contributed by atoms with Crippen molar-refractivity contribution >= 4 is 19.8 Å². The minimum absolute atomic E-state index is 0.00809. The molecule has 332 valence electrons. The molecular formula is C46H79NO10P+. The molecule has 0 saturated carbocycles. The Balaban J connectivity index is 1.68. The molecule has 58 heavy (non-hydrogen) atoms. The maximum atomic E-state index is 12.8. The van der Waals surface area contributed by atoms with Crippen molar-refractivity contribution in [1.29, 1.82) is 0 Å². The third kappa shape index (κ3) is 25.2. The van der Waals surface area contributed by atoms with E-state index in [2.05, 4.69) is 64.2 Å². The topological polar surface area (TPSA) is 134 Å². The van der Waals surface area contributed by atoms with Crippen molar-refractivity contribution < 1.29 is 51.2 Å². The number of furan rings is 1. The fourth-order valence-corrected chi connectivity index (χ4v) is 7.18. The number of phosphoric ester groups is 1. The standard InChI is InChI=1S/C46H78NO10P/c1-8-10-11-12-13-14-15-16-17-18-22-25-30-43-44(57-43)31-27-33-46(49)55-40(37-54-58(50,51)53-35-34-47(5,6)7)36-52-45(48)32-26-23-20-19-21-24-29-42-39(4)38(3)41(56-42)28-9-2/h13-14,16-17,22,25,40,43-44H,8-12,15,18-21,23-24,26-37H2,1-7H3/p+1/b14-13-,17-16-,25-22-/t40-,43?,44?/m1/s1. The van der Waals surface area contributed by atoms with Crippen molar-refractivity contribution in [3.63, 3.8) is 0 Å². The van der Waals surface area contributed by atoms with E-state index in [0.29, 0.717) is 23.9 Å². The summed E-state index contributed by atoms with van der Waals surface area (Å²) in [6.45, 7) is 8.46. The molecule has 0 bridgehead atoms. The van der Waals surface area contributed by atoms with E-state index in [1.807, 2.05) is 21.1 Å². The summed E-state index contributed by atoms with van der Waals surface area (Å²) in [7, 11) is 1.40. The van der Waals surface area contributed by atoms with Gasteiger partial charge in [-0.15, -0.1) is 0 Å². The van der Waals surface area contributed by atoms with Gasteiger partial charge in [0.25, 0.3) is 0 Å². The molecule has 2 rings (SSSR count). The smallest absolute Gasteiger partial charge is 0.466 e. The highest BCUT2D eigenvalue weighted by Gasteiger charge is 2.37. The number of hydrogen-bond donors (Lipinski definition) is 1. The second-order valence-electron chi connectivity index (χ2n) is 16.7. The first-order valence-electron chi connectivity index (χ1n) is 22.2. The predicted molar refractivity (Wildman–Crippen MR) is 232 cm³/mol. The normalized spacial score (nSPS) is 17.4. The summed E-state index contributed by atoms with van der Waals surface area (Å²) < 4.78 is 46.3. The number of unbranched alkanes of at least 4 members (excludes halogenated alkanes) is 8. The molecule has 1 fully saturated rings. The average Bonchev–Trinajstić information content (AvgIpc) is 3.86. The number of hydrogen-bond acceptors (Lipinski definition) is 9. The Hall–Kier alpha value is -2.53. The monoisotopic (exact) mass is 837 g/mol. The molecule has 2 heterocycles. The lowest BCUT2D eigenvalue weighted by atomic mass is 10.0. The van der Waals surface area contributed by atoms with Crippen LogP contribution in [0.4, 0.5) is 0 Å². The van der Waals surface area contributed by atoms with E-state index in [0.717, 1.165) is 95.0 Å². The predicted octanol–water partition coefficient (Wildman–Crippen LogP) is 10.8. The molecule has 1 aliphatic heterocycles. The molecular weight excluding hydrogens is 757 g/mol. The number of carbonyl (C=O) groups excluding carboxylic acids is 2. The molecule has 4 atom stereocenters. The fourth-order valence-electron chi connectivity index (χ4n) is 6.44. The molecule has 0 radical (unpaired) electrons. The van der Waals surface area contributed by atoms with E-state index < -0.39 is 32.5 Å².